The normalized spacial score (nSPS) is 16.8. The Morgan fingerprint density at radius 1 is 1.04 bits per heavy atom. The molecule has 25 heavy (non-hydrogen) atoms. The molecule has 10 heteroatoms. The summed E-state index contributed by atoms with van der Waals surface area (Å²) < 4.78 is 78.1. The highest BCUT2D eigenvalue weighted by Crippen LogP contribution is 2.26. The Morgan fingerprint density at radius 3 is 2.28 bits per heavy atom. The molecular formula is C15H14F2N2O4S2. The molecule has 0 atom stereocenters. The lowest BCUT2D eigenvalue weighted by Crippen LogP contribution is -2.25. The summed E-state index contributed by atoms with van der Waals surface area (Å²) in [4.78, 5) is -0.680. The van der Waals surface area contributed by atoms with Crippen molar-refractivity contribution in [2.45, 2.75) is 11.3 Å². The quantitative estimate of drug-likeness (QED) is 0.871. The number of anilines is 2. The van der Waals surface area contributed by atoms with Crippen LogP contribution in [0.4, 0.5) is 20.2 Å². The fraction of sp³-hybridized carbons (Fsp3) is 0.200. The van der Waals surface area contributed by atoms with Gasteiger partial charge in [0.15, 0.2) is 0 Å². The van der Waals surface area contributed by atoms with Crippen LogP contribution in [-0.2, 0) is 20.0 Å². The van der Waals surface area contributed by atoms with E-state index in [1.54, 1.807) is 0 Å². The maximum Gasteiger partial charge on any atom is 0.264 e. The summed E-state index contributed by atoms with van der Waals surface area (Å²) in [5, 5.41) is 0. The molecule has 0 amide bonds. The predicted octanol–water partition coefficient (Wildman–Crippen LogP) is 2.31. The van der Waals surface area contributed by atoms with Crippen LogP contribution >= 0.6 is 0 Å². The Bertz CT molecular complexity index is 1010. The Balaban J connectivity index is 1.84. The molecule has 1 heterocycles. The van der Waals surface area contributed by atoms with Crippen molar-refractivity contribution in [2.75, 3.05) is 21.3 Å². The van der Waals surface area contributed by atoms with Crippen LogP contribution in [0.3, 0.4) is 0 Å². The van der Waals surface area contributed by atoms with Crippen molar-refractivity contribution >= 4 is 31.4 Å². The van der Waals surface area contributed by atoms with Crippen molar-refractivity contribution in [3.63, 3.8) is 0 Å². The number of benzene rings is 2. The van der Waals surface area contributed by atoms with E-state index in [1.165, 1.54) is 28.6 Å². The summed E-state index contributed by atoms with van der Waals surface area (Å²) in [5.74, 6) is -2.01. The summed E-state index contributed by atoms with van der Waals surface area (Å²) in [5.41, 5.74) is 0.553. The molecule has 6 nitrogen and oxygen atoms in total. The third-order valence-corrected chi connectivity index (χ3v) is 6.97. The lowest BCUT2D eigenvalue weighted by atomic mass is 10.3. The van der Waals surface area contributed by atoms with E-state index in [-0.39, 0.29) is 11.4 Å². The average molecular weight is 388 g/mol. The maximum atomic E-state index is 13.7. The topological polar surface area (TPSA) is 83.6 Å². The van der Waals surface area contributed by atoms with Crippen LogP contribution in [0.5, 0.6) is 0 Å². The Kier molecular flexibility index (Phi) is 4.41. The van der Waals surface area contributed by atoms with Crippen molar-refractivity contribution in [1.29, 1.82) is 0 Å². The Hall–Kier alpha value is -2.20. The van der Waals surface area contributed by atoms with Gasteiger partial charge in [0, 0.05) is 18.3 Å². The summed E-state index contributed by atoms with van der Waals surface area (Å²) >= 11 is 0. The molecule has 0 saturated carbocycles. The lowest BCUT2D eigenvalue weighted by Gasteiger charge is -2.17. The molecule has 3 rings (SSSR count). The summed E-state index contributed by atoms with van der Waals surface area (Å²) in [6, 6.07) is 7.83. The second-order valence-corrected chi connectivity index (χ2v) is 9.13. The van der Waals surface area contributed by atoms with Crippen molar-refractivity contribution in [2.24, 2.45) is 0 Å². The van der Waals surface area contributed by atoms with Gasteiger partial charge in [-0.05, 0) is 42.8 Å². The highest BCUT2D eigenvalue weighted by molar-refractivity contribution is 7.93. The van der Waals surface area contributed by atoms with Gasteiger partial charge in [-0.15, -0.1) is 0 Å². The van der Waals surface area contributed by atoms with E-state index < -0.39 is 36.6 Å². The SMILES string of the molecule is O=S(=O)(Nc1ccc(N2CCCS2(=O)=O)cc1)c1ccc(F)cc1F. The average Bonchev–Trinajstić information content (AvgIpc) is 2.86. The van der Waals surface area contributed by atoms with E-state index in [4.69, 9.17) is 0 Å². The fourth-order valence-electron chi connectivity index (χ4n) is 2.53. The van der Waals surface area contributed by atoms with E-state index >= 15 is 0 Å². The molecule has 1 aliphatic rings. The van der Waals surface area contributed by atoms with Gasteiger partial charge in [0.25, 0.3) is 10.0 Å². The van der Waals surface area contributed by atoms with Crippen LogP contribution in [0.15, 0.2) is 47.4 Å². The van der Waals surface area contributed by atoms with E-state index in [9.17, 15) is 25.6 Å². The molecule has 0 spiro atoms. The Labute approximate surface area is 144 Å². The third kappa shape index (κ3) is 3.59. The first-order chi connectivity index (χ1) is 11.7. The zero-order chi connectivity index (χ0) is 18.2. The molecule has 0 aliphatic carbocycles. The standard InChI is InChI=1S/C15H14F2N2O4S2/c16-11-2-7-15(14(17)10-11)25(22,23)18-12-3-5-13(6-4-12)19-8-1-9-24(19,20)21/h2-7,10,18H,1,8-9H2. The van der Waals surface area contributed by atoms with Gasteiger partial charge < -0.3 is 0 Å². The number of nitrogens with zero attached hydrogens (tertiary/aromatic N) is 1. The molecular weight excluding hydrogens is 374 g/mol. The highest BCUT2D eigenvalue weighted by atomic mass is 32.2. The maximum absolute atomic E-state index is 13.7. The summed E-state index contributed by atoms with van der Waals surface area (Å²) in [6.45, 7) is 0.369. The first kappa shape index (κ1) is 17.6. The van der Waals surface area contributed by atoms with Gasteiger partial charge in [-0.3, -0.25) is 9.03 Å². The first-order valence-corrected chi connectivity index (χ1v) is 10.4. The van der Waals surface area contributed by atoms with Gasteiger partial charge in [0.05, 0.1) is 11.4 Å². The van der Waals surface area contributed by atoms with E-state index in [0.717, 1.165) is 12.1 Å². The van der Waals surface area contributed by atoms with Crippen LogP contribution in [0.1, 0.15) is 6.42 Å². The van der Waals surface area contributed by atoms with E-state index in [2.05, 4.69) is 4.72 Å². The minimum absolute atomic E-state index is 0.0746. The molecule has 0 unspecified atom stereocenters. The van der Waals surface area contributed by atoms with Gasteiger partial charge in [-0.2, -0.15) is 0 Å². The number of rotatable bonds is 4. The van der Waals surface area contributed by atoms with Gasteiger partial charge in [0.1, 0.15) is 16.5 Å². The monoisotopic (exact) mass is 388 g/mol. The number of sulfonamides is 2. The minimum atomic E-state index is -4.24. The summed E-state index contributed by atoms with van der Waals surface area (Å²) in [7, 11) is -7.57. The molecule has 1 aliphatic heterocycles. The fourth-order valence-corrected chi connectivity index (χ4v) is 5.21. The third-order valence-electron chi connectivity index (χ3n) is 3.69. The van der Waals surface area contributed by atoms with Crippen molar-refractivity contribution in [3.8, 4) is 0 Å². The van der Waals surface area contributed by atoms with Crippen LogP contribution < -0.4 is 9.03 Å². The molecule has 0 bridgehead atoms. The van der Waals surface area contributed by atoms with Gasteiger partial charge in [0.2, 0.25) is 10.0 Å². The zero-order valence-electron chi connectivity index (χ0n) is 12.8. The van der Waals surface area contributed by atoms with Crippen LogP contribution in [-0.4, -0.2) is 29.1 Å². The van der Waals surface area contributed by atoms with Crippen LogP contribution in [0.25, 0.3) is 0 Å². The van der Waals surface area contributed by atoms with Gasteiger partial charge in [-0.25, -0.2) is 25.6 Å². The number of hydrogen-bond donors (Lipinski definition) is 1. The van der Waals surface area contributed by atoms with Gasteiger partial charge in [-0.1, -0.05) is 0 Å². The summed E-state index contributed by atoms with van der Waals surface area (Å²) in [6.07, 6.45) is 0.528. The second kappa shape index (κ2) is 6.26. The molecule has 1 saturated heterocycles. The molecule has 1 N–H and O–H groups in total. The Morgan fingerprint density at radius 2 is 1.72 bits per heavy atom. The van der Waals surface area contributed by atoms with Crippen molar-refractivity contribution < 1.29 is 25.6 Å². The second-order valence-electron chi connectivity index (χ2n) is 5.47. The van der Waals surface area contributed by atoms with Gasteiger partial charge >= 0.3 is 0 Å². The largest absolute Gasteiger partial charge is 0.280 e. The molecule has 0 radical (unpaired) electrons. The minimum Gasteiger partial charge on any atom is -0.280 e. The number of nitrogens with one attached hydrogen (secondary N) is 1. The molecule has 1 fully saturated rings. The number of hydrogen-bond acceptors (Lipinski definition) is 4. The smallest absolute Gasteiger partial charge is 0.264 e. The first-order valence-electron chi connectivity index (χ1n) is 7.27. The van der Waals surface area contributed by atoms with E-state index in [1.807, 2.05) is 0 Å². The van der Waals surface area contributed by atoms with Crippen molar-refractivity contribution in [3.05, 3.63) is 54.1 Å². The highest BCUT2D eigenvalue weighted by Gasteiger charge is 2.28. The molecule has 2 aromatic rings. The van der Waals surface area contributed by atoms with Crippen molar-refractivity contribution in [1.82, 2.24) is 0 Å². The van der Waals surface area contributed by atoms with Crippen LogP contribution in [0, 0.1) is 11.6 Å². The lowest BCUT2D eigenvalue weighted by molar-refractivity contribution is 0.551. The molecule has 0 aromatic heterocycles. The van der Waals surface area contributed by atoms with E-state index in [0.29, 0.717) is 24.7 Å². The zero-order valence-corrected chi connectivity index (χ0v) is 14.4. The van der Waals surface area contributed by atoms with Crippen LogP contribution in [0.2, 0.25) is 0 Å². The molecule has 134 valence electrons. The number of halogens is 2. The predicted molar refractivity (Wildman–Crippen MR) is 89.4 cm³/mol. The molecule has 2 aromatic carbocycles.